The number of aromatic nitrogens is 1. The average molecular weight is 486 g/mol. The molecular formula is C21H31N3O4S3. The maximum atomic E-state index is 12.7. The summed E-state index contributed by atoms with van der Waals surface area (Å²) in [5.41, 5.74) is 0.328. The van der Waals surface area contributed by atoms with E-state index in [2.05, 4.69) is 15.0 Å². The second-order valence-electron chi connectivity index (χ2n) is 8.99. The van der Waals surface area contributed by atoms with Crippen molar-refractivity contribution in [1.82, 2.24) is 15.0 Å². The molecule has 2 heterocycles. The first-order valence-electron chi connectivity index (χ1n) is 10.5. The van der Waals surface area contributed by atoms with Crippen LogP contribution in [0.3, 0.4) is 0 Å². The van der Waals surface area contributed by atoms with Gasteiger partial charge in [-0.1, -0.05) is 0 Å². The average Bonchev–Trinajstić information content (AvgIpc) is 3.34. The van der Waals surface area contributed by atoms with Crippen LogP contribution in [0.4, 0.5) is 4.79 Å². The Morgan fingerprint density at radius 2 is 1.81 bits per heavy atom. The van der Waals surface area contributed by atoms with E-state index in [0.717, 1.165) is 41.3 Å². The molecule has 0 unspecified atom stereocenters. The van der Waals surface area contributed by atoms with Crippen LogP contribution >= 0.6 is 22.7 Å². The number of ether oxygens (including phenoxy) is 1. The molecule has 0 radical (unpaired) electrons. The molecule has 1 fully saturated rings. The molecule has 3 rings (SSSR count). The van der Waals surface area contributed by atoms with Gasteiger partial charge < -0.3 is 10.1 Å². The van der Waals surface area contributed by atoms with Crippen molar-refractivity contribution < 1.29 is 17.9 Å². The normalized spacial score (nSPS) is 19.9. The van der Waals surface area contributed by atoms with E-state index < -0.39 is 15.6 Å². The zero-order valence-electron chi connectivity index (χ0n) is 18.4. The summed E-state index contributed by atoms with van der Waals surface area (Å²) in [5, 5.41) is 5.75. The van der Waals surface area contributed by atoms with Crippen LogP contribution in [0.1, 0.15) is 51.5 Å². The van der Waals surface area contributed by atoms with Crippen molar-refractivity contribution in [3.05, 3.63) is 22.5 Å². The van der Waals surface area contributed by atoms with E-state index in [1.165, 1.54) is 11.3 Å². The van der Waals surface area contributed by atoms with Crippen LogP contribution in [0.2, 0.25) is 0 Å². The van der Waals surface area contributed by atoms with Gasteiger partial charge in [0.25, 0.3) is 0 Å². The van der Waals surface area contributed by atoms with Gasteiger partial charge in [-0.15, -0.1) is 22.7 Å². The number of carbonyl (C=O) groups excluding carboxylic acids is 1. The number of hydrogen-bond donors (Lipinski definition) is 2. The first-order chi connectivity index (χ1) is 14.5. The minimum Gasteiger partial charge on any atom is -0.444 e. The first-order valence-corrected chi connectivity index (χ1v) is 13.7. The monoisotopic (exact) mass is 485 g/mol. The highest BCUT2D eigenvalue weighted by atomic mass is 32.2. The Morgan fingerprint density at radius 1 is 1.16 bits per heavy atom. The van der Waals surface area contributed by atoms with Crippen molar-refractivity contribution in [2.24, 2.45) is 11.8 Å². The van der Waals surface area contributed by atoms with Crippen LogP contribution in [0.5, 0.6) is 0 Å². The standard InChI is InChI=1S/C21H31N3O4S3/c1-14-24-17(13-29-14)18-9-10-19(30-18)31(26,27)23-12-16-7-5-15(6-8-16)11-22-20(25)28-21(2,3)4/h9-10,13,15-16,23H,5-8,11-12H2,1-4H3,(H,22,25)/t15-,16-. The molecule has 2 aromatic heterocycles. The van der Waals surface area contributed by atoms with Crippen molar-refractivity contribution in [3.63, 3.8) is 0 Å². The number of carbonyl (C=O) groups is 1. The third-order valence-electron chi connectivity index (χ3n) is 5.18. The highest BCUT2D eigenvalue weighted by Crippen LogP contribution is 2.32. The summed E-state index contributed by atoms with van der Waals surface area (Å²) in [6.07, 6.45) is 3.43. The molecule has 7 nitrogen and oxygen atoms in total. The number of thiazole rings is 1. The van der Waals surface area contributed by atoms with E-state index in [9.17, 15) is 13.2 Å². The lowest BCUT2D eigenvalue weighted by Crippen LogP contribution is -2.37. The van der Waals surface area contributed by atoms with Gasteiger partial charge in [0.05, 0.1) is 15.6 Å². The predicted molar refractivity (Wildman–Crippen MR) is 125 cm³/mol. The molecule has 172 valence electrons. The van der Waals surface area contributed by atoms with Gasteiger partial charge in [0.15, 0.2) is 0 Å². The van der Waals surface area contributed by atoms with Gasteiger partial charge in [-0.3, -0.25) is 0 Å². The molecular weight excluding hydrogens is 454 g/mol. The molecule has 2 aromatic rings. The number of sulfonamides is 1. The lowest BCUT2D eigenvalue weighted by atomic mass is 9.82. The Kier molecular flexibility index (Phi) is 7.77. The minimum absolute atomic E-state index is 0.313. The molecule has 0 saturated heterocycles. The Labute approximate surface area is 192 Å². The van der Waals surface area contributed by atoms with Gasteiger partial charge in [-0.05, 0) is 77.3 Å². The quantitative estimate of drug-likeness (QED) is 0.588. The van der Waals surface area contributed by atoms with Crippen LogP contribution in [0.25, 0.3) is 10.6 Å². The topological polar surface area (TPSA) is 97.4 Å². The second-order valence-corrected chi connectivity index (χ2v) is 13.1. The van der Waals surface area contributed by atoms with E-state index in [-0.39, 0.29) is 6.09 Å². The third-order valence-corrected chi connectivity index (χ3v) is 8.98. The van der Waals surface area contributed by atoms with E-state index in [1.54, 1.807) is 17.4 Å². The van der Waals surface area contributed by atoms with Crippen LogP contribution < -0.4 is 10.0 Å². The predicted octanol–water partition coefficient (Wildman–Crippen LogP) is 4.79. The zero-order chi connectivity index (χ0) is 22.6. The van der Waals surface area contributed by atoms with E-state index in [1.807, 2.05) is 39.1 Å². The first kappa shape index (κ1) is 24.2. The number of thiophene rings is 1. The Bertz CT molecular complexity index is 984. The van der Waals surface area contributed by atoms with E-state index >= 15 is 0 Å². The SMILES string of the molecule is Cc1nc(-c2ccc(S(=O)(=O)NC[C@H]3CC[C@H](CNC(=O)OC(C)(C)C)CC3)s2)cs1. The summed E-state index contributed by atoms with van der Waals surface area (Å²) in [4.78, 5) is 17.1. The fourth-order valence-corrected chi connectivity index (χ4v) is 6.67. The lowest BCUT2D eigenvalue weighted by Gasteiger charge is -2.29. The summed E-state index contributed by atoms with van der Waals surface area (Å²) >= 11 is 2.80. The van der Waals surface area contributed by atoms with Gasteiger partial charge in [0, 0.05) is 18.5 Å². The number of nitrogens with one attached hydrogen (secondary N) is 2. The van der Waals surface area contributed by atoms with Gasteiger partial charge in [0.1, 0.15) is 9.81 Å². The van der Waals surface area contributed by atoms with Crippen LogP contribution in [-0.2, 0) is 14.8 Å². The number of amides is 1. The molecule has 1 aliphatic carbocycles. The Hall–Kier alpha value is -1.49. The van der Waals surface area contributed by atoms with Gasteiger partial charge in [0.2, 0.25) is 10.0 Å². The van der Waals surface area contributed by atoms with Crippen LogP contribution in [0.15, 0.2) is 21.7 Å². The van der Waals surface area contributed by atoms with E-state index in [4.69, 9.17) is 4.74 Å². The third kappa shape index (κ3) is 7.27. The van der Waals surface area contributed by atoms with Crippen LogP contribution in [-0.4, -0.2) is 38.2 Å². The maximum absolute atomic E-state index is 12.7. The molecule has 1 amide bonds. The summed E-state index contributed by atoms with van der Waals surface area (Å²) in [5.74, 6) is 0.718. The summed E-state index contributed by atoms with van der Waals surface area (Å²) < 4.78 is 33.8. The van der Waals surface area contributed by atoms with Crippen molar-refractivity contribution in [2.75, 3.05) is 13.1 Å². The largest absolute Gasteiger partial charge is 0.444 e. The fraction of sp³-hybridized carbons (Fsp3) is 0.619. The fourth-order valence-electron chi connectivity index (χ4n) is 3.56. The lowest BCUT2D eigenvalue weighted by molar-refractivity contribution is 0.0513. The summed E-state index contributed by atoms with van der Waals surface area (Å²) in [6.45, 7) is 8.50. The molecule has 10 heteroatoms. The Morgan fingerprint density at radius 3 is 2.39 bits per heavy atom. The number of rotatable bonds is 7. The maximum Gasteiger partial charge on any atom is 0.407 e. The molecule has 0 aliphatic heterocycles. The van der Waals surface area contributed by atoms with Crippen molar-refractivity contribution in [3.8, 4) is 10.6 Å². The molecule has 1 aliphatic rings. The number of aryl methyl sites for hydroxylation is 1. The minimum atomic E-state index is -3.52. The van der Waals surface area contributed by atoms with Crippen molar-refractivity contribution in [2.45, 2.75) is 63.2 Å². The second kappa shape index (κ2) is 9.97. The Balaban J connectivity index is 1.43. The van der Waals surface area contributed by atoms with E-state index in [0.29, 0.717) is 29.1 Å². The number of alkyl carbamates (subject to hydrolysis) is 1. The molecule has 31 heavy (non-hydrogen) atoms. The molecule has 0 aromatic carbocycles. The van der Waals surface area contributed by atoms with Crippen molar-refractivity contribution >= 4 is 38.8 Å². The molecule has 2 N–H and O–H groups in total. The van der Waals surface area contributed by atoms with Gasteiger partial charge in [-0.2, -0.15) is 0 Å². The van der Waals surface area contributed by atoms with Crippen LogP contribution in [0, 0.1) is 18.8 Å². The zero-order valence-corrected chi connectivity index (χ0v) is 20.9. The number of nitrogens with zero attached hydrogens (tertiary/aromatic N) is 1. The molecule has 0 bridgehead atoms. The molecule has 1 saturated carbocycles. The highest BCUT2D eigenvalue weighted by Gasteiger charge is 2.25. The molecule has 0 atom stereocenters. The summed E-state index contributed by atoms with van der Waals surface area (Å²) in [6, 6.07) is 3.47. The molecule has 0 spiro atoms. The smallest absolute Gasteiger partial charge is 0.407 e. The van der Waals surface area contributed by atoms with Gasteiger partial charge in [-0.25, -0.2) is 22.9 Å². The highest BCUT2D eigenvalue weighted by molar-refractivity contribution is 7.91. The number of hydrogen-bond acceptors (Lipinski definition) is 7. The summed E-state index contributed by atoms with van der Waals surface area (Å²) in [7, 11) is -3.52. The van der Waals surface area contributed by atoms with Crippen molar-refractivity contribution in [1.29, 1.82) is 0 Å². The van der Waals surface area contributed by atoms with Gasteiger partial charge >= 0.3 is 6.09 Å².